The van der Waals surface area contributed by atoms with Gasteiger partial charge < -0.3 is 10.1 Å². The maximum absolute atomic E-state index is 5.51. The zero-order valence-electron chi connectivity index (χ0n) is 12.0. The van der Waals surface area contributed by atoms with E-state index in [1.807, 2.05) is 24.3 Å². The molecule has 1 heterocycles. The highest BCUT2D eigenvalue weighted by Gasteiger charge is 2.09. The van der Waals surface area contributed by atoms with Crippen molar-refractivity contribution in [3.05, 3.63) is 45.6 Å². The fraction of sp³-hybridized carbons (Fsp3) is 0.375. The molecule has 0 bridgehead atoms. The van der Waals surface area contributed by atoms with Crippen molar-refractivity contribution in [3.63, 3.8) is 0 Å². The van der Waals surface area contributed by atoms with Gasteiger partial charge >= 0.3 is 0 Å². The first-order chi connectivity index (χ1) is 9.10. The van der Waals surface area contributed by atoms with Crippen molar-refractivity contribution in [1.29, 1.82) is 0 Å². The van der Waals surface area contributed by atoms with E-state index in [0.717, 1.165) is 5.75 Å². The van der Waals surface area contributed by atoms with Crippen molar-refractivity contribution in [2.75, 3.05) is 11.9 Å². The fourth-order valence-electron chi connectivity index (χ4n) is 2.05. The van der Waals surface area contributed by atoms with Crippen LogP contribution in [-0.4, -0.2) is 6.61 Å². The van der Waals surface area contributed by atoms with Crippen LogP contribution >= 0.6 is 11.3 Å². The molecule has 1 N–H and O–H groups in total. The third-order valence-corrected chi connectivity index (χ3v) is 4.25. The van der Waals surface area contributed by atoms with E-state index < -0.39 is 0 Å². The van der Waals surface area contributed by atoms with E-state index in [-0.39, 0.29) is 0 Å². The Morgan fingerprint density at radius 3 is 2.58 bits per heavy atom. The molecular weight excluding hydrogens is 254 g/mol. The van der Waals surface area contributed by atoms with Gasteiger partial charge in [0.25, 0.3) is 0 Å². The Morgan fingerprint density at radius 1 is 1.21 bits per heavy atom. The predicted molar refractivity (Wildman–Crippen MR) is 83.4 cm³/mol. The van der Waals surface area contributed by atoms with Crippen LogP contribution in [0, 0.1) is 13.8 Å². The second-order valence-corrected chi connectivity index (χ2v) is 6.04. The Labute approximate surface area is 119 Å². The summed E-state index contributed by atoms with van der Waals surface area (Å²) in [6.45, 7) is 9.15. The number of ether oxygens (including phenoxy) is 1. The van der Waals surface area contributed by atoms with Gasteiger partial charge in [0.1, 0.15) is 5.75 Å². The Morgan fingerprint density at radius 2 is 2.00 bits per heavy atom. The van der Waals surface area contributed by atoms with Gasteiger partial charge in [0.2, 0.25) is 0 Å². The number of rotatable bonds is 5. The highest BCUT2D eigenvalue weighted by molar-refractivity contribution is 7.12. The van der Waals surface area contributed by atoms with Crippen molar-refractivity contribution in [2.45, 2.75) is 33.7 Å². The average Bonchev–Trinajstić information content (AvgIpc) is 2.80. The number of benzene rings is 1. The van der Waals surface area contributed by atoms with E-state index in [9.17, 15) is 0 Å². The van der Waals surface area contributed by atoms with Gasteiger partial charge in [-0.3, -0.25) is 0 Å². The lowest BCUT2D eigenvalue weighted by atomic mass is 10.1. The van der Waals surface area contributed by atoms with Gasteiger partial charge in [0.05, 0.1) is 12.6 Å². The summed E-state index contributed by atoms with van der Waals surface area (Å²) in [5.41, 5.74) is 2.38. The van der Waals surface area contributed by atoms with Gasteiger partial charge in [-0.05, 0) is 63.6 Å². The molecule has 2 aromatic rings. The van der Waals surface area contributed by atoms with Crippen LogP contribution in [0.3, 0.4) is 0 Å². The van der Waals surface area contributed by atoms with Crippen LogP contribution in [0.5, 0.6) is 5.75 Å². The lowest BCUT2D eigenvalue weighted by molar-refractivity contribution is 0.340. The molecule has 0 amide bonds. The number of hydrogen-bond acceptors (Lipinski definition) is 3. The second-order valence-electron chi connectivity index (χ2n) is 4.72. The van der Waals surface area contributed by atoms with Crippen molar-refractivity contribution < 1.29 is 4.74 Å². The summed E-state index contributed by atoms with van der Waals surface area (Å²) in [5, 5.41) is 3.56. The third kappa shape index (κ3) is 3.51. The molecule has 1 aromatic carbocycles. The molecule has 0 spiro atoms. The molecule has 2 nitrogen and oxygen atoms in total. The number of aryl methyl sites for hydroxylation is 2. The Kier molecular flexibility index (Phi) is 4.48. The number of nitrogens with one attached hydrogen (secondary N) is 1. The molecule has 0 fully saturated rings. The Balaban J connectivity index is 2.10. The topological polar surface area (TPSA) is 21.3 Å². The maximum atomic E-state index is 5.51. The summed E-state index contributed by atoms with van der Waals surface area (Å²) >= 11 is 1.85. The predicted octanol–water partition coefficient (Wildman–Crippen LogP) is 4.94. The van der Waals surface area contributed by atoms with Gasteiger partial charge in [-0.1, -0.05) is 0 Å². The monoisotopic (exact) mass is 275 g/mol. The van der Waals surface area contributed by atoms with Crippen LogP contribution < -0.4 is 10.1 Å². The SMILES string of the molecule is CCOc1ccc(NC(C)c2ccc(C)s2)c(C)c1. The maximum Gasteiger partial charge on any atom is 0.119 e. The number of thiophene rings is 1. The van der Waals surface area contributed by atoms with E-state index >= 15 is 0 Å². The lowest BCUT2D eigenvalue weighted by Crippen LogP contribution is -2.06. The third-order valence-electron chi connectivity index (χ3n) is 3.07. The zero-order chi connectivity index (χ0) is 13.8. The van der Waals surface area contributed by atoms with Gasteiger partial charge in [-0.15, -0.1) is 11.3 Å². The van der Waals surface area contributed by atoms with Crippen LogP contribution in [0.4, 0.5) is 5.69 Å². The molecule has 0 aliphatic rings. The molecule has 0 aliphatic heterocycles. The Hall–Kier alpha value is -1.48. The van der Waals surface area contributed by atoms with Crippen LogP contribution in [0.25, 0.3) is 0 Å². The molecule has 0 aliphatic carbocycles. The van der Waals surface area contributed by atoms with Gasteiger partial charge in [0, 0.05) is 15.4 Å². The van der Waals surface area contributed by atoms with E-state index in [4.69, 9.17) is 4.74 Å². The summed E-state index contributed by atoms with van der Waals surface area (Å²) in [5.74, 6) is 0.935. The van der Waals surface area contributed by atoms with Crippen LogP contribution in [0.1, 0.15) is 35.2 Å². The van der Waals surface area contributed by atoms with Gasteiger partial charge in [0.15, 0.2) is 0 Å². The molecule has 0 saturated carbocycles. The van der Waals surface area contributed by atoms with Gasteiger partial charge in [-0.2, -0.15) is 0 Å². The first-order valence-electron chi connectivity index (χ1n) is 6.66. The molecule has 19 heavy (non-hydrogen) atoms. The molecule has 1 unspecified atom stereocenters. The summed E-state index contributed by atoms with van der Waals surface area (Å²) in [6.07, 6.45) is 0. The minimum atomic E-state index is 0.329. The zero-order valence-corrected chi connectivity index (χ0v) is 12.8. The summed E-state index contributed by atoms with van der Waals surface area (Å²) in [6, 6.07) is 10.9. The minimum absolute atomic E-state index is 0.329. The number of hydrogen-bond donors (Lipinski definition) is 1. The van der Waals surface area contributed by atoms with Crippen molar-refractivity contribution in [1.82, 2.24) is 0 Å². The van der Waals surface area contributed by atoms with Crippen molar-refractivity contribution >= 4 is 17.0 Å². The molecule has 1 atom stereocenters. The average molecular weight is 275 g/mol. The van der Waals surface area contributed by atoms with Crippen LogP contribution in [0.2, 0.25) is 0 Å². The van der Waals surface area contributed by atoms with Crippen molar-refractivity contribution in [2.24, 2.45) is 0 Å². The smallest absolute Gasteiger partial charge is 0.119 e. The molecule has 2 rings (SSSR count). The number of anilines is 1. The molecule has 3 heteroatoms. The van der Waals surface area contributed by atoms with Crippen molar-refractivity contribution in [3.8, 4) is 5.75 Å². The molecule has 0 radical (unpaired) electrons. The lowest BCUT2D eigenvalue weighted by Gasteiger charge is -2.16. The van der Waals surface area contributed by atoms with Gasteiger partial charge in [-0.25, -0.2) is 0 Å². The summed E-state index contributed by atoms with van der Waals surface area (Å²) in [7, 11) is 0. The van der Waals surface area contributed by atoms with E-state index in [1.165, 1.54) is 21.0 Å². The minimum Gasteiger partial charge on any atom is -0.494 e. The Bertz CT molecular complexity index is 547. The normalized spacial score (nSPS) is 12.2. The molecule has 1 aromatic heterocycles. The van der Waals surface area contributed by atoms with E-state index in [0.29, 0.717) is 12.6 Å². The summed E-state index contributed by atoms with van der Waals surface area (Å²) in [4.78, 5) is 2.72. The first-order valence-corrected chi connectivity index (χ1v) is 7.48. The molecule has 0 saturated heterocycles. The molecular formula is C16H21NOS. The van der Waals surface area contributed by atoms with E-state index in [1.54, 1.807) is 0 Å². The summed E-state index contributed by atoms with van der Waals surface area (Å²) < 4.78 is 5.51. The van der Waals surface area contributed by atoms with Crippen LogP contribution in [0.15, 0.2) is 30.3 Å². The van der Waals surface area contributed by atoms with E-state index in [2.05, 4.69) is 50.4 Å². The highest BCUT2D eigenvalue weighted by Crippen LogP contribution is 2.28. The quantitative estimate of drug-likeness (QED) is 0.834. The van der Waals surface area contributed by atoms with Crippen LogP contribution in [-0.2, 0) is 0 Å². The first kappa shape index (κ1) is 13.9. The second kappa shape index (κ2) is 6.11. The fourth-order valence-corrected chi connectivity index (χ4v) is 2.92. The molecule has 102 valence electrons. The highest BCUT2D eigenvalue weighted by atomic mass is 32.1. The largest absolute Gasteiger partial charge is 0.494 e. The standard InChI is InChI=1S/C16H21NOS/c1-5-18-14-7-8-15(11(2)10-14)17-13(4)16-9-6-12(3)19-16/h6-10,13,17H,5H2,1-4H3.